The molecular formula is C18H14Cl2. The Morgan fingerprint density at radius 3 is 2.15 bits per heavy atom. The standard InChI is InChI=1S/C18H14Cl2/c1-12-6-8-13(9-7-12)18(20)16-10-11-17(19)15-5-3-2-4-14(15)16/h2-11,18H,1H3. The van der Waals surface area contributed by atoms with Gasteiger partial charge in [0.2, 0.25) is 0 Å². The summed E-state index contributed by atoms with van der Waals surface area (Å²) in [4.78, 5) is 0. The molecule has 0 aliphatic heterocycles. The third-order valence-electron chi connectivity index (χ3n) is 3.55. The van der Waals surface area contributed by atoms with Crippen LogP contribution in [-0.4, -0.2) is 0 Å². The van der Waals surface area contributed by atoms with Gasteiger partial charge in [0.05, 0.1) is 5.38 Å². The molecule has 0 heterocycles. The molecule has 1 atom stereocenters. The SMILES string of the molecule is Cc1ccc(C(Cl)c2ccc(Cl)c3ccccc23)cc1. The highest BCUT2D eigenvalue weighted by Gasteiger charge is 2.14. The van der Waals surface area contributed by atoms with Gasteiger partial charge in [0, 0.05) is 10.4 Å². The minimum Gasteiger partial charge on any atom is -0.113 e. The summed E-state index contributed by atoms with van der Waals surface area (Å²) in [5.74, 6) is 0. The Bertz CT molecular complexity index is 745. The topological polar surface area (TPSA) is 0 Å². The molecule has 0 nitrogen and oxygen atoms in total. The number of fused-ring (bicyclic) bond motifs is 1. The molecule has 0 fully saturated rings. The number of aryl methyl sites for hydroxylation is 1. The normalized spacial score (nSPS) is 12.6. The first kappa shape index (κ1) is 13.5. The van der Waals surface area contributed by atoms with Gasteiger partial charge in [0.25, 0.3) is 0 Å². The Hall–Kier alpha value is -1.50. The molecule has 3 aromatic rings. The summed E-state index contributed by atoms with van der Waals surface area (Å²) in [6.07, 6.45) is 0. The number of halogens is 2. The van der Waals surface area contributed by atoms with Crippen molar-refractivity contribution in [1.82, 2.24) is 0 Å². The lowest BCUT2D eigenvalue weighted by Crippen LogP contribution is -1.95. The van der Waals surface area contributed by atoms with E-state index in [4.69, 9.17) is 23.2 Å². The third-order valence-corrected chi connectivity index (χ3v) is 4.36. The smallest absolute Gasteiger partial charge is 0.0841 e. The van der Waals surface area contributed by atoms with Crippen molar-refractivity contribution in [3.05, 3.63) is 82.4 Å². The van der Waals surface area contributed by atoms with Gasteiger partial charge in [-0.3, -0.25) is 0 Å². The van der Waals surface area contributed by atoms with Crippen LogP contribution in [0.5, 0.6) is 0 Å². The van der Waals surface area contributed by atoms with E-state index in [1.165, 1.54) is 5.56 Å². The monoisotopic (exact) mass is 300 g/mol. The first-order chi connectivity index (χ1) is 9.66. The van der Waals surface area contributed by atoms with E-state index in [9.17, 15) is 0 Å². The van der Waals surface area contributed by atoms with E-state index in [1.807, 2.05) is 30.3 Å². The summed E-state index contributed by atoms with van der Waals surface area (Å²) < 4.78 is 0. The lowest BCUT2D eigenvalue weighted by atomic mass is 9.97. The van der Waals surface area contributed by atoms with Gasteiger partial charge in [-0.1, -0.05) is 71.8 Å². The van der Waals surface area contributed by atoms with Gasteiger partial charge in [0.15, 0.2) is 0 Å². The average Bonchev–Trinajstić information content (AvgIpc) is 2.48. The fourth-order valence-electron chi connectivity index (χ4n) is 2.42. The fourth-order valence-corrected chi connectivity index (χ4v) is 2.99. The summed E-state index contributed by atoms with van der Waals surface area (Å²) >= 11 is 12.9. The van der Waals surface area contributed by atoms with Crippen molar-refractivity contribution >= 4 is 34.0 Å². The molecule has 20 heavy (non-hydrogen) atoms. The van der Waals surface area contributed by atoms with Crippen LogP contribution in [0.2, 0.25) is 5.02 Å². The van der Waals surface area contributed by atoms with E-state index in [1.54, 1.807) is 0 Å². The number of benzene rings is 3. The molecule has 3 aromatic carbocycles. The third kappa shape index (κ3) is 2.42. The predicted molar refractivity (Wildman–Crippen MR) is 87.8 cm³/mol. The lowest BCUT2D eigenvalue weighted by Gasteiger charge is -2.14. The van der Waals surface area contributed by atoms with Crippen molar-refractivity contribution in [3.63, 3.8) is 0 Å². The largest absolute Gasteiger partial charge is 0.113 e. The van der Waals surface area contributed by atoms with Crippen molar-refractivity contribution in [2.75, 3.05) is 0 Å². The van der Waals surface area contributed by atoms with Gasteiger partial charge < -0.3 is 0 Å². The Labute approximate surface area is 129 Å². The first-order valence-corrected chi connectivity index (χ1v) is 7.36. The molecule has 3 rings (SSSR count). The highest BCUT2D eigenvalue weighted by Crippen LogP contribution is 2.36. The molecule has 0 saturated heterocycles. The molecule has 0 saturated carbocycles. The molecule has 1 unspecified atom stereocenters. The second kappa shape index (κ2) is 5.47. The molecular weight excluding hydrogens is 287 g/mol. The molecule has 0 aliphatic carbocycles. The van der Waals surface area contributed by atoms with Crippen LogP contribution in [0.4, 0.5) is 0 Å². The van der Waals surface area contributed by atoms with Crippen LogP contribution in [-0.2, 0) is 0 Å². The Balaban J connectivity index is 2.14. The molecule has 0 spiro atoms. The van der Waals surface area contributed by atoms with Crippen molar-refractivity contribution in [2.45, 2.75) is 12.3 Å². The minimum absolute atomic E-state index is 0.169. The highest BCUT2D eigenvalue weighted by atomic mass is 35.5. The van der Waals surface area contributed by atoms with Gasteiger partial charge in [-0.2, -0.15) is 0 Å². The van der Waals surface area contributed by atoms with Gasteiger partial charge >= 0.3 is 0 Å². The van der Waals surface area contributed by atoms with Crippen LogP contribution in [0.15, 0.2) is 60.7 Å². The van der Waals surface area contributed by atoms with Crippen LogP contribution in [0, 0.1) is 6.92 Å². The highest BCUT2D eigenvalue weighted by molar-refractivity contribution is 6.36. The van der Waals surface area contributed by atoms with Crippen LogP contribution in [0.1, 0.15) is 22.1 Å². The van der Waals surface area contributed by atoms with E-state index in [2.05, 4.69) is 37.3 Å². The number of rotatable bonds is 2. The van der Waals surface area contributed by atoms with Crippen molar-refractivity contribution in [2.24, 2.45) is 0 Å². The number of hydrogen-bond acceptors (Lipinski definition) is 0. The van der Waals surface area contributed by atoms with Crippen molar-refractivity contribution < 1.29 is 0 Å². The zero-order chi connectivity index (χ0) is 14.1. The average molecular weight is 301 g/mol. The van der Waals surface area contributed by atoms with E-state index in [0.29, 0.717) is 0 Å². The van der Waals surface area contributed by atoms with Crippen LogP contribution < -0.4 is 0 Å². The fraction of sp³-hybridized carbons (Fsp3) is 0.111. The van der Waals surface area contributed by atoms with Crippen LogP contribution >= 0.6 is 23.2 Å². The maximum Gasteiger partial charge on any atom is 0.0841 e. The molecule has 0 radical (unpaired) electrons. The second-order valence-corrected chi connectivity index (χ2v) is 5.80. The molecule has 0 bridgehead atoms. The zero-order valence-corrected chi connectivity index (χ0v) is 12.6. The summed E-state index contributed by atoms with van der Waals surface area (Å²) in [7, 11) is 0. The van der Waals surface area contributed by atoms with Crippen molar-refractivity contribution in [3.8, 4) is 0 Å². The minimum atomic E-state index is -0.169. The summed E-state index contributed by atoms with van der Waals surface area (Å²) in [5, 5.41) is 2.75. The van der Waals surface area contributed by atoms with Crippen LogP contribution in [0.3, 0.4) is 0 Å². The molecule has 0 aromatic heterocycles. The molecule has 0 amide bonds. The van der Waals surface area contributed by atoms with Gasteiger partial charge in [-0.15, -0.1) is 11.6 Å². The first-order valence-electron chi connectivity index (χ1n) is 6.54. The Morgan fingerprint density at radius 2 is 1.45 bits per heavy atom. The second-order valence-electron chi connectivity index (χ2n) is 4.96. The summed E-state index contributed by atoms with van der Waals surface area (Å²) in [6.45, 7) is 2.07. The van der Waals surface area contributed by atoms with Crippen molar-refractivity contribution in [1.29, 1.82) is 0 Å². The van der Waals surface area contributed by atoms with E-state index in [0.717, 1.165) is 26.9 Å². The summed E-state index contributed by atoms with van der Waals surface area (Å²) in [6, 6.07) is 20.4. The zero-order valence-electron chi connectivity index (χ0n) is 11.1. The predicted octanol–water partition coefficient (Wildman–Crippen LogP) is 6.13. The number of hydrogen-bond donors (Lipinski definition) is 0. The molecule has 2 heteroatoms. The Kier molecular flexibility index (Phi) is 3.69. The summed E-state index contributed by atoms with van der Waals surface area (Å²) in [5.41, 5.74) is 3.43. The number of alkyl halides is 1. The quantitative estimate of drug-likeness (QED) is 0.499. The van der Waals surface area contributed by atoms with Gasteiger partial charge in [-0.25, -0.2) is 0 Å². The maximum atomic E-state index is 6.67. The maximum absolute atomic E-state index is 6.67. The van der Waals surface area contributed by atoms with Gasteiger partial charge in [-0.05, 0) is 29.5 Å². The van der Waals surface area contributed by atoms with Gasteiger partial charge in [0.1, 0.15) is 0 Å². The van der Waals surface area contributed by atoms with E-state index < -0.39 is 0 Å². The molecule has 100 valence electrons. The molecule has 0 N–H and O–H groups in total. The Morgan fingerprint density at radius 1 is 0.800 bits per heavy atom. The van der Waals surface area contributed by atoms with E-state index >= 15 is 0 Å². The lowest BCUT2D eigenvalue weighted by molar-refractivity contribution is 1.15. The molecule has 0 aliphatic rings. The van der Waals surface area contributed by atoms with E-state index in [-0.39, 0.29) is 5.38 Å². The van der Waals surface area contributed by atoms with Crippen LogP contribution in [0.25, 0.3) is 10.8 Å².